The first kappa shape index (κ1) is 14.1. The van der Waals surface area contributed by atoms with Gasteiger partial charge >= 0.3 is 18.0 Å². The van der Waals surface area contributed by atoms with Crippen molar-refractivity contribution in [3.63, 3.8) is 0 Å². The molecule has 4 amide bonds. The molecule has 1 rings (SSSR count). The third kappa shape index (κ3) is 3.02. The highest BCUT2D eigenvalue weighted by atomic mass is 16.4. The van der Waals surface area contributed by atoms with E-state index < -0.39 is 23.6 Å². The Morgan fingerprint density at radius 1 is 1.33 bits per heavy atom. The monoisotopic (exact) mass is 258 g/mol. The number of urea groups is 2. The summed E-state index contributed by atoms with van der Waals surface area (Å²) in [6.45, 7) is 2.36. The van der Waals surface area contributed by atoms with E-state index in [1.54, 1.807) is 0 Å². The van der Waals surface area contributed by atoms with Crippen LogP contribution in [0.5, 0.6) is 0 Å². The fourth-order valence-electron chi connectivity index (χ4n) is 1.96. The second-order valence-corrected chi connectivity index (χ2v) is 4.36. The van der Waals surface area contributed by atoms with Crippen LogP contribution in [0.3, 0.4) is 0 Å². The third-order valence-corrected chi connectivity index (χ3v) is 3.05. The fourth-order valence-corrected chi connectivity index (χ4v) is 1.96. The fraction of sp³-hybridized carbons (Fsp3) is 0.700. The summed E-state index contributed by atoms with van der Waals surface area (Å²) in [4.78, 5) is 34.7. The molecule has 8 nitrogen and oxygen atoms in total. The molecule has 1 aliphatic heterocycles. The number of rotatable bonds is 4. The lowest BCUT2D eigenvalue weighted by Crippen LogP contribution is -2.54. The van der Waals surface area contributed by atoms with Crippen molar-refractivity contribution in [3.8, 4) is 0 Å². The quantitative estimate of drug-likeness (QED) is 0.498. The molecule has 1 atom stereocenters. The van der Waals surface area contributed by atoms with Crippen molar-refractivity contribution in [2.45, 2.75) is 25.3 Å². The van der Waals surface area contributed by atoms with Crippen LogP contribution in [0.15, 0.2) is 0 Å². The highest BCUT2D eigenvalue weighted by Gasteiger charge is 2.45. The minimum atomic E-state index is -1.15. The van der Waals surface area contributed by atoms with Gasteiger partial charge in [0, 0.05) is 19.6 Å². The van der Waals surface area contributed by atoms with Crippen molar-refractivity contribution < 1.29 is 19.5 Å². The van der Waals surface area contributed by atoms with Gasteiger partial charge in [0.05, 0.1) is 0 Å². The molecule has 5 N–H and O–H groups in total. The Hall–Kier alpha value is -1.99. The van der Waals surface area contributed by atoms with Gasteiger partial charge in [-0.15, -0.1) is 0 Å². The molecule has 0 aromatic carbocycles. The SMILES string of the molecule is CC1(C(=O)O)CCCN1C(=O)NCCNC(N)=O. The molecule has 1 aliphatic rings. The van der Waals surface area contributed by atoms with Crippen molar-refractivity contribution >= 4 is 18.0 Å². The lowest BCUT2D eigenvalue weighted by molar-refractivity contribution is -0.147. The Kier molecular flexibility index (Phi) is 4.35. The van der Waals surface area contributed by atoms with Crippen LogP contribution in [-0.2, 0) is 4.79 Å². The second-order valence-electron chi connectivity index (χ2n) is 4.36. The second kappa shape index (κ2) is 5.56. The van der Waals surface area contributed by atoms with E-state index in [-0.39, 0.29) is 13.1 Å². The van der Waals surface area contributed by atoms with Crippen molar-refractivity contribution in [1.29, 1.82) is 0 Å². The van der Waals surface area contributed by atoms with Gasteiger partial charge in [-0.3, -0.25) is 0 Å². The van der Waals surface area contributed by atoms with Crippen molar-refractivity contribution in [1.82, 2.24) is 15.5 Å². The summed E-state index contributed by atoms with van der Waals surface area (Å²) in [5.41, 5.74) is 3.71. The molecular formula is C10H18N4O4. The normalized spacial score (nSPS) is 22.6. The van der Waals surface area contributed by atoms with Crippen LogP contribution in [0, 0.1) is 0 Å². The van der Waals surface area contributed by atoms with Gasteiger partial charge in [-0.1, -0.05) is 0 Å². The molecular weight excluding hydrogens is 240 g/mol. The molecule has 18 heavy (non-hydrogen) atoms. The number of hydrogen-bond donors (Lipinski definition) is 4. The molecule has 0 aromatic rings. The van der Waals surface area contributed by atoms with Crippen LogP contribution in [0.4, 0.5) is 9.59 Å². The Balaban J connectivity index is 2.46. The van der Waals surface area contributed by atoms with Gasteiger partial charge in [0.2, 0.25) is 0 Å². The Bertz CT molecular complexity index is 360. The van der Waals surface area contributed by atoms with Crippen molar-refractivity contribution in [2.24, 2.45) is 5.73 Å². The maximum absolute atomic E-state index is 11.8. The van der Waals surface area contributed by atoms with Crippen LogP contribution in [0.2, 0.25) is 0 Å². The molecule has 1 saturated heterocycles. The van der Waals surface area contributed by atoms with Crippen LogP contribution >= 0.6 is 0 Å². The first-order valence-corrected chi connectivity index (χ1v) is 5.70. The van der Waals surface area contributed by atoms with E-state index >= 15 is 0 Å². The summed E-state index contributed by atoms with van der Waals surface area (Å²) in [5, 5.41) is 14.0. The lowest BCUT2D eigenvalue weighted by atomic mass is 10.00. The predicted octanol–water partition coefficient (Wildman–Crippen LogP) is -0.697. The average Bonchev–Trinajstić information content (AvgIpc) is 2.67. The zero-order chi connectivity index (χ0) is 13.8. The molecule has 1 fully saturated rings. The highest BCUT2D eigenvalue weighted by Crippen LogP contribution is 2.28. The number of nitrogens with zero attached hydrogens (tertiary/aromatic N) is 1. The van der Waals surface area contributed by atoms with Crippen LogP contribution in [0.1, 0.15) is 19.8 Å². The molecule has 0 bridgehead atoms. The molecule has 102 valence electrons. The molecule has 1 heterocycles. The standard InChI is InChI=1S/C10H18N4O4/c1-10(7(15)16)3-2-6-14(10)9(18)13-5-4-12-8(11)17/h2-6H2,1H3,(H,13,18)(H,15,16)(H3,11,12,17). The Morgan fingerprint density at radius 2 is 1.94 bits per heavy atom. The largest absolute Gasteiger partial charge is 0.480 e. The zero-order valence-corrected chi connectivity index (χ0v) is 10.2. The number of carboxylic acids is 1. The summed E-state index contributed by atoms with van der Waals surface area (Å²) < 4.78 is 0. The van der Waals surface area contributed by atoms with Gasteiger partial charge < -0.3 is 26.4 Å². The van der Waals surface area contributed by atoms with Gasteiger partial charge in [-0.25, -0.2) is 14.4 Å². The van der Waals surface area contributed by atoms with E-state index in [4.69, 9.17) is 10.8 Å². The third-order valence-electron chi connectivity index (χ3n) is 3.05. The van der Waals surface area contributed by atoms with Crippen molar-refractivity contribution in [2.75, 3.05) is 19.6 Å². The molecule has 8 heteroatoms. The van der Waals surface area contributed by atoms with Gasteiger partial charge in [0.25, 0.3) is 0 Å². The number of carbonyl (C=O) groups is 3. The summed E-state index contributed by atoms with van der Waals surface area (Å²) in [5.74, 6) is -1.01. The van der Waals surface area contributed by atoms with Crippen LogP contribution in [-0.4, -0.2) is 53.2 Å². The number of carboxylic acid groups (broad SMARTS) is 1. The summed E-state index contributed by atoms with van der Waals surface area (Å²) >= 11 is 0. The summed E-state index contributed by atoms with van der Waals surface area (Å²) in [7, 11) is 0. The highest BCUT2D eigenvalue weighted by molar-refractivity contribution is 5.86. The number of aliphatic carboxylic acids is 1. The first-order chi connectivity index (χ1) is 8.38. The Labute approximate surface area is 104 Å². The molecule has 0 radical (unpaired) electrons. The van der Waals surface area contributed by atoms with Crippen LogP contribution in [0.25, 0.3) is 0 Å². The zero-order valence-electron chi connectivity index (χ0n) is 10.2. The average molecular weight is 258 g/mol. The summed E-state index contributed by atoms with van der Waals surface area (Å²) in [6.07, 6.45) is 1.10. The molecule has 0 aliphatic carbocycles. The smallest absolute Gasteiger partial charge is 0.329 e. The molecule has 0 saturated carbocycles. The minimum absolute atomic E-state index is 0.202. The van der Waals surface area contributed by atoms with E-state index in [0.717, 1.165) is 0 Å². The van der Waals surface area contributed by atoms with Crippen LogP contribution < -0.4 is 16.4 Å². The predicted molar refractivity (Wildman–Crippen MR) is 63.0 cm³/mol. The number of nitrogens with two attached hydrogens (primary N) is 1. The number of primary amides is 1. The minimum Gasteiger partial charge on any atom is -0.480 e. The number of amides is 4. The van der Waals surface area contributed by atoms with E-state index in [2.05, 4.69) is 10.6 Å². The van der Waals surface area contributed by atoms with E-state index in [1.165, 1.54) is 11.8 Å². The lowest BCUT2D eigenvalue weighted by Gasteiger charge is -2.31. The van der Waals surface area contributed by atoms with Gasteiger partial charge in [-0.2, -0.15) is 0 Å². The van der Waals surface area contributed by atoms with Crippen molar-refractivity contribution in [3.05, 3.63) is 0 Å². The number of nitrogens with one attached hydrogen (secondary N) is 2. The topological polar surface area (TPSA) is 125 Å². The van der Waals surface area contributed by atoms with Gasteiger partial charge in [0.15, 0.2) is 0 Å². The Morgan fingerprint density at radius 3 is 2.50 bits per heavy atom. The molecule has 1 unspecified atom stereocenters. The maximum Gasteiger partial charge on any atom is 0.329 e. The number of hydrogen-bond acceptors (Lipinski definition) is 3. The molecule has 0 spiro atoms. The number of carbonyl (C=O) groups excluding carboxylic acids is 2. The van der Waals surface area contributed by atoms with Gasteiger partial charge in [-0.05, 0) is 19.8 Å². The van der Waals surface area contributed by atoms with E-state index in [1.807, 2.05) is 0 Å². The first-order valence-electron chi connectivity index (χ1n) is 5.70. The maximum atomic E-state index is 11.8. The van der Waals surface area contributed by atoms with E-state index in [9.17, 15) is 14.4 Å². The van der Waals surface area contributed by atoms with Gasteiger partial charge in [0.1, 0.15) is 5.54 Å². The number of likely N-dealkylation sites (tertiary alicyclic amines) is 1. The summed E-state index contributed by atoms with van der Waals surface area (Å²) in [6, 6.07) is -1.11. The van der Waals surface area contributed by atoms with E-state index in [0.29, 0.717) is 19.4 Å². The molecule has 0 aromatic heterocycles.